The van der Waals surface area contributed by atoms with Crippen molar-refractivity contribution in [3.63, 3.8) is 0 Å². The molecule has 64 valence electrons. The van der Waals surface area contributed by atoms with E-state index in [-0.39, 0.29) is 6.04 Å². The Morgan fingerprint density at radius 3 is 2.42 bits per heavy atom. The zero-order chi connectivity index (χ0) is 8.97. The lowest BCUT2D eigenvalue weighted by atomic mass is 9.96. The Morgan fingerprint density at radius 2 is 1.92 bits per heavy atom. The van der Waals surface area contributed by atoms with Crippen molar-refractivity contribution < 1.29 is 0 Å². The molecule has 12 heavy (non-hydrogen) atoms. The summed E-state index contributed by atoms with van der Waals surface area (Å²) in [5, 5.41) is 0. The molecule has 1 nitrogen and oxygen atoms in total. The van der Waals surface area contributed by atoms with Gasteiger partial charge in [0.25, 0.3) is 0 Å². The standard InChI is InChI=1S/C11H15N/c1-3-9(2)11(12)10-7-5-4-6-8-10/h3-9,11H,1,12H2,2H3/t9-,11+/m0/s1. The van der Waals surface area contributed by atoms with Gasteiger partial charge in [0.15, 0.2) is 0 Å². The third kappa shape index (κ3) is 1.95. The largest absolute Gasteiger partial charge is 0.323 e. The van der Waals surface area contributed by atoms with E-state index in [9.17, 15) is 0 Å². The van der Waals surface area contributed by atoms with Gasteiger partial charge < -0.3 is 5.73 Å². The molecule has 2 N–H and O–H groups in total. The summed E-state index contributed by atoms with van der Waals surface area (Å²) in [5.74, 6) is 0.326. The van der Waals surface area contributed by atoms with E-state index in [1.165, 1.54) is 5.56 Å². The number of hydrogen-bond acceptors (Lipinski definition) is 1. The SMILES string of the molecule is C=C[C@H](C)[C@@H](N)c1ccccc1. The molecule has 0 saturated heterocycles. The van der Waals surface area contributed by atoms with E-state index in [0.717, 1.165) is 0 Å². The summed E-state index contributed by atoms with van der Waals surface area (Å²) in [7, 11) is 0. The maximum absolute atomic E-state index is 5.98. The highest BCUT2D eigenvalue weighted by atomic mass is 14.6. The summed E-state index contributed by atoms with van der Waals surface area (Å²) >= 11 is 0. The van der Waals surface area contributed by atoms with Gasteiger partial charge in [-0.05, 0) is 11.5 Å². The van der Waals surface area contributed by atoms with Crippen LogP contribution in [0.25, 0.3) is 0 Å². The van der Waals surface area contributed by atoms with Crippen LogP contribution in [0.4, 0.5) is 0 Å². The van der Waals surface area contributed by atoms with Crippen molar-refractivity contribution in [3.8, 4) is 0 Å². The molecule has 0 radical (unpaired) electrons. The molecule has 0 heterocycles. The molecular formula is C11H15N. The van der Waals surface area contributed by atoms with Gasteiger partial charge >= 0.3 is 0 Å². The van der Waals surface area contributed by atoms with Crippen LogP contribution in [0.5, 0.6) is 0 Å². The maximum Gasteiger partial charge on any atom is 0.0355 e. The van der Waals surface area contributed by atoms with Crippen molar-refractivity contribution >= 4 is 0 Å². The summed E-state index contributed by atoms with van der Waals surface area (Å²) in [4.78, 5) is 0. The molecule has 0 saturated carbocycles. The van der Waals surface area contributed by atoms with Crippen LogP contribution in [-0.4, -0.2) is 0 Å². The maximum atomic E-state index is 5.98. The highest BCUT2D eigenvalue weighted by molar-refractivity contribution is 5.19. The van der Waals surface area contributed by atoms with Crippen molar-refractivity contribution in [2.24, 2.45) is 11.7 Å². The second-order valence-corrected chi connectivity index (χ2v) is 3.03. The van der Waals surface area contributed by atoms with E-state index in [2.05, 4.69) is 13.5 Å². The molecular weight excluding hydrogens is 146 g/mol. The van der Waals surface area contributed by atoms with Crippen LogP contribution in [-0.2, 0) is 0 Å². The second-order valence-electron chi connectivity index (χ2n) is 3.03. The Hall–Kier alpha value is -1.08. The van der Waals surface area contributed by atoms with E-state index in [0.29, 0.717) is 5.92 Å². The molecule has 2 atom stereocenters. The van der Waals surface area contributed by atoms with E-state index >= 15 is 0 Å². The molecule has 0 spiro atoms. The average Bonchev–Trinajstić information content (AvgIpc) is 2.17. The fourth-order valence-corrected chi connectivity index (χ4v) is 1.13. The molecule has 0 amide bonds. The van der Waals surface area contributed by atoms with Gasteiger partial charge in [0.05, 0.1) is 0 Å². The Labute approximate surface area is 73.9 Å². The van der Waals surface area contributed by atoms with E-state index < -0.39 is 0 Å². The van der Waals surface area contributed by atoms with Crippen LogP contribution in [0.15, 0.2) is 43.0 Å². The third-order valence-electron chi connectivity index (χ3n) is 2.12. The predicted octanol–water partition coefficient (Wildman–Crippen LogP) is 2.51. The van der Waals surface area contributed by atoms with Crippen molar-refractivity contribution in [1.82, 2.24) is 0 Å². The summed E-state index contributed by atoms with van der Waals surface area (Å²) in [6, 6.07) is 10.2. The van der Waals surface area contributed by atoms with Gasteiger partial charge in [-0.1, -0.05) is 43.3 Å². The lowest BCUT2D eigenvalue weighted by molar-refractivity contribution is 0.568. The zero-order valence-corrected chi connectivity index (χ0v) is 7.40. The smallest absolute Gasteiger partial charge is 0.0355 e. The predicted molar refractivity (Wildman–Crippen MR) is 52.7 cm³/mol. The Morgan fingerprint density at radius 1 is 1.33 bits per heavy atom. The summed E-state index contributed by atoms with van der Waals surface area (Å²) in [6.45, 7) is 5.80. The molecule has 1 heteroatoms. The van der Waals surface area contributed by atoms with Gasteiger partial charge in [-0.3, -0.25) is 0 Å². The average molecular weight is 161 g/mol. The van der Waals surface area contributed by atoms with E-state index in [1.54, 1.807) is 0 Å². The van der Waals surface area contributed by atoms with Crippen molar-refractivity contribution in [1.29, 1.82) is 0 Å². The zero-order valence-electron chi connectivity index (χ0n) is 7.40. The quantitative estimate of drug-likeness (QED) is 0.677. The van der Waals surface area contributed by atoms with Gasteiger partial charge in [-0.25, -0.2) is 0 Å². The summed E-state index contributed by atoms with van der Waals surface area (Å²) in [6.07, 6.45) is 1.89. The summed E-state index contributed by atoms with van der Waals surface area (Å²) < 4.78 is 0. The van der Waals surface area contributed by atoms with Gasteiger partial charge in [-0.15, -0.1) is 6.58 Å². The lowest BCUT2D eigenvalue weighted by Crippen LogP contribution is -2.16. The molecule has 0 aliphatic rings. The van der Waals surface area contributed by atoms with Crippen LogP contribution < -0.4 is 5.73 Å². The van der Waals surface area contributed by atoms with E-state index in [4.69, 9.17) is 5.73 Å². The lowest BCUT2D eigenvalue weighted by Gasteiger charge is -2.16. The van der Waals surface area contributed by atoms with Crippen LogP contribution in [0.3, 0.4) is 0 Å². The van der Waals surface area contributed by atoms with Crippen LogP contribution in [0.2, 0.25) is 0 Å². The van der Waals surface area contributed by atoms with Crippen molar-refractivity contribution in [3.05, 3.63) is 48.6 Å². The topological polar surface area (TPSA) is 26.0 Å². The minimum atomic E-state index is 0.0729. The number of rotatable bonds is 3. The monoisotopic (exact) mass is 161 g/mol. The Bertz CT molecular complexity index is 240. The first kappa shape index (κ1) is 9.01. The minimum Gasteiger partial charge on any atom is -0.323 e. The number of benzene rings is 1. The van der Waals surface area contributed by atoms with E-state index in [1.807, 2.05) is 36.4 Å². The first-order valence-electron chi connectivity index (χ1n) is 4.18. The molecule has 0 bridgehead atoms. The fourth-order valence-electron chi connectivity index (χ4n) is 1.13. The van der Waals surface area contributed by atoms with Gasteiger partial charge in [0.2, 0.25) is 0 Å². The highest BCUT2D eigenvalue weighted by Gasteiger charge is 2.10. The fraction of sp³-hybridized carbons (Fsp3) is 0.273. The number of hydrogen-bond donors (Lipinski definition) is 1. The third-order valence-corrected chi connectivity index (χ3v) is 2.12. The van der Waals surface area contributed by atoms with Gasteiger partial charge in [0, 0.05) is 6.04 Å². The van der Waals surface area contributed by atoms with Gasteiger partial charge in [-0.2, -0.15) is 0 Å². The normalized spacial score (nSPS) is 15.2. The molecule has 0 fully saturated rings. The van der Waals surface area contributed by atoms with Crippen LogP contribution in [0, 0.1) is 5.92 Å². The van der Waals surface area contributed by atoms with Crippen molar-refractivity contribution in [2.45, 2.75) is 13.0 Å². The highest BCUT2D eigenvalue weighted by Crippen LogP contribution is 2.18. The Balaban J connectivity index is 2.78. The molecule has 0 aliphatic heterocycles. The van der Waals surface area contributed by atoms with Crippen LogP contribution >= 0.6 is 0 Å². The molecule has 0 aromatic heterocycles. The van der Waals surface area contributed by atoms with Gasteiger partial charge in [0.1, 0.15) is 0 Å². The number of nitrogens with two attached hydrogens (primary N) is 1. The van der Waals surface area contributed by atoms with Crippen LogP contribution in [0.1, 0.15) is 18.5 Å². The molecule has 0 unspecified atom stereocenters. The first-order valence-corrected chi connectivity index (χ1v) is 4.18. The molecule has 1 aromatic carbocycles. The Kier molecular flexibility index (Phi) is 3.06. The summed E-state index contributed by atoms with van der Waals surface area (Å²) in [5.41, 5.74) is 7.15. The molecule has 1 aromatic rings. The molecule has 1 rings (SSSR count). The minimum absolute atomic E-state index is 0.0729. The second kappa shape index (κ2) is 4.07. The first-order chi connectivity index (χ1) is 5.75. The van der Waals surface area contributed by atoms with Crippen molar-refractivity contribution in [2.75, 3.05) is 0 Å². The molecule has 0 aliphatic carbocycles.